The highest BCUT2D eigenvalue weighted by Crippen LogP contribution is 2.17. The number of aryl methyl sites for hydroxylation is 1. The summed E-state index contributed by atoms with van der Waals surface area (Å²) in [5.41, 5.74) is 1.57. The lowest BCUT2D eigenvalue weighted by Crippen LogP contribution is -2.12. The Kier molecular flexibility index (Phi) is 4.46. The first kappa shape index (κ1) is 13.5. The SMILES string of the molecule is CCNCc1cc(F)cc(OCc2cn(C)nn2)c1. The van der Waals surface area contributed by atoms with Crippen molar-refractivity contribution in [3.63, 3.8) is 0 Å². The lowest BCUT2D eigenvalue weighted by molar-refractivity contribution is 0.299. The van der Waals surface area contributed by atoms with E-state index in [1.54, 1.807) is 17.9 Å². The molecular weight excluding hydrogens is 247 g/mol. The highest BCUT2D eigenvalue weighted by atomic mass is 19.1. The summed E-state index contributed by atoms with van der Waals surface area (Å²) in [4.78, 5) is 0. The Morgan fingerprint density at radius 2 is 2.21 bits per heavy atom. The molecule has 19 heavy (non-hydrogen) atoms. The van der Waals surface area contributed by atoms with Crippen LogP contribution < -0.4 is 10.1 Å². The molecule has 0 unspecified atom stereocenters. The second-order valence-electron chi connectivity index (χ2n) is 4.25. The lowest BCUT2D eigenvalue weighted by Gasteiger charge is -2.08. The number of aromatic nitrogens is 3. The Morgan fingerprint density at radius 1 is 1.37 bits per heavy atom. The smallest absolute Gasteiger partial charge is 0.134 e. The molecule has 2 aromatic rings. The average Bonchev–Trinajstić information content (AvgIpc) is 2.79. The summed E-state index contributed by atoms with van der Waals surface area (Å²) >= 11 is 0. The summed E-state index contributed by atoms with van der Waals surface area (Å²) in [7, 11) is 1.78. The van der Waals surface area contributed by atoms with Crippen LogP contribution in [0.2, 0.25) is 0 Å². The van der Waals surface area contributed by atoms with Gasteiger partial charge in [-0.1, -0.05) is 12.1 Å². The first-order valence-corrected chi connectivity index (χ1v) is 6.15. The van der Waals surface area contributed by atoms with Crippen molar-refractivity contribution >= 4 is 0 Å². The molecular formula is C13H17FN4O. The van der Waals surface area contributed by atoms with E-state index >= 15 is 0 Å². The molecule has 102 valence electrons. The molecule has 2 rings (SSSR count). The molecule has 0 aliphatic carbocycles. The van der Waals surface area contributed by atoms with Gasteiger partial charge < -0.3 is 10.1 Å². The molecule has 0 bridgehead atoms. The Hall–Kier alpha value is -1.95. The quantitative estimate of drug-likeness (QED) is 0.862. The summed E-state index contributed by atoms with van der Waals surface area (Å²) in [6.07, 6.45) is 1.76. The molecule has 0 saturated heterocycles. The number of ether oxygens (including phenoxy) is 1. The summed E-state index contributed by atoms with van der Waals surface area (Å²) in [6.45, 7) is 3.74. The fourth-order valence-electron chi connectivity index (χ4n) is 1.69. The number of nitrogens with zero attached hydrogens (tertiary/aromatic N) is 3. The molecule has 0 saturated carbocycles. The molecule has 0 aliphatic rings. The van der Waals surface area contributed by atoms with Crippen molar-refractivity contribution < 1.29 is 9.13 Å². The molecule has 1 heterocycles. The number of benzene rings is 1. The van der Waals surface area contributed by atoms with Gasteiger partial charge >= 0.3 is 0 Å². The van der Waals surface area contributed by atoms with E-state index in [1.807, 2.05) is 13.0 Å². The Morgan fingerprint density at radius 3 is 2.89 bits per heavy atom. The van der Waals surface area contributed by atoms with Crippen molar-refractivity contribution in [3.8, 4) is 5.75 Å². The van der Waals surface area contributed by atoms with Crippen molar-refractivity contribution in [1.82, 2.24) is 20.3 Å². The number of hydrogen-bond acceptors (Lipinski definition) is 4. The van der Waals surface area contributed by atoms with Crippen molar-refractivity contribution in [2.24, 2.45) is 7.05 Å². The fraction of sp³-hybridized carbons (Fsp3) is 0.385. The van der Waals surface area contributed by atoms with Gasteiger partial charge in [0.05, 0.1) is 6.20 Å². The number of halogens is 1. The number of hydrogen-bond donors (Lipinski definition) is 1. The molecule has 0 aliphatic heterocycles. The zero-order valence-corrected chi connectivity index (χ0v) is 11.1. The largest absolute Gasteiger partial charge is 0.487 e. The predicted octanol–water partition coefficient (Wildman–Crippen LogP) is 1.64. The fourth-order valence-corrected chi connectivity index (χ4v) is 1.69. The minimum absolute atomic E-state index is 0.276. The third-order valence-electron chi connectivity index (χ3n) is 2.55. The van der Waals surface area contributed by atoms with E-state index in [4.69, 9.17) is 4.74 Å². The maximum Gasteiger partial charge on any atom is 0.134 e. The van der Waals surface area contributed by atoms with Crippen LogP contribution in [0.25, 0.3) is 0 Å². The topological polar surface area (TPSA) is 52.0 Å². The van der Waals surface area contributed by atoms with Gasteiger partial charge in [0.25, 0.3) is 0 Å². The third kappa shape index (κ3) is 4.03. The summed E-state index contributed by atoms with van der Waals surface area (Å²) in [6, 6.07) is 4.69. The van der Waals surface area contributed by atoms with Crippen LogP contribution in [0.1, 0.15) is 18.2 Å². The highest BCUT2D eigenvalue weighted by Gasteiger charge is 2.04. The van der Waals surface area contributed by atoms with Gasteiger partial charge in [-0.2, -0.15) is 0 Å². The molecule has 1 N–H and O–H groups in total. The van der Waals surface area contributed by atoms with Gasteiger partial charge in [-0.05, 0) is 24.2 Å². The highest BCUT2D eigenvalue weighted by molar-refractivity contribution is 5.29. The first-order chi connectivity index (χ1) is 9.17. The van der Waals surface area contributed by atoms with Crippen LogP contribution in [0.5, 0.6) is 5.75 Å². The predicted molar refractivity (Wildman–Crippen MR) is 69.1 cm³/mol. The van der Waals surface area contributed by atoms with Crippen LogP contribution in [-0.2, 0) is 20.2 Å². The Balaban J connectivity index is 2.01. The van der Waals surface area contributed by atoms with Gasteiger partial charge in [0.15, 0.2) is 0 Å². The first-order valence-electron chi connectivity index (χ1n) is 6.15. The van der Waals surface area contributed by atoms with Crippen molar-refractivity contribution in [2.45, 2.75) is 20.1 Å². The molecule has 0 amide bonds. The van der Waals surface area contributed by atoms with Crippen LogP contribution in [-0.4, -0.2) is 21.5 Å². The van der Waals surface area contributed by atoms with Gasteiger partial charge in [0.2, 0.25) is 0 Å². The standard InChI is InChI=1S/C13H17FN4O/c1-3-15-7-10-4-11(14)6-13(5-10)19-9-12-8-18(2)17-16-12/h4-6,8,15H,3,7,9H2,1-2H3. The normalized spacial score (nSPS) is 10.7. The Bertz CT molecular complexity index is 541. The van der Waals surface area contributed by atoms with Crippen LogP contribution in [0.4, 0.5) is 4.39 Å². The Labute approximate surface area is 111 Å². The second-order valence-corrected chi connectivity index (χ2v) is 4.25. The molecule has 0 atom stereocenters. The maximum absolute atomic E-state index is 13.4. The minimum atomic E-state index is -0.301. The summed E-state index contributed by atoms with van der Waals surface area (Å²) in [5.74, 6) is 0.197. The van der Waals surface area contributed by atoms with E-state index < -0.39 is 0 Å². The van der Waals surface area contributed by atoms with Gasteiger partial charge in [-0.15, -0.1) is 5.10 Å². The van der Waals surface area contributed by atoms with Crippen molar-refractivity contribution in [1.29, 1.82) is 0 Å². The number of rotatable bonds is 6. The van der Waals surface area contributed by atoms with E-state index in [0.29, 0.717) is 18.0 Å². The zero-order valence-electron chi connectivity index (χ0n) is 11.1. The monoisotopic (exact) mass is 264 g/mol. The van der Waals surface area contributed by atoms with Crippen molar-refractivity contribution in [2.75, 3.05) is 6.54 Å². The van der Waals surface area contributed by atoms with E-state index in [0.717, 1.165) is 12.1 Å². The average molecular weight is 264 g/mol. The van der Waals surface area contributed by atoms with E-state index in [1.165, 1.54) is 12.1 Å². The molecule has 0 spiro atoms. The number of nitrogens with one attached hydrogen (secondary N) is 1. The second kappa shape index (κ2) is 6.29. The van der Waals surface area contributed by atoms with Crippen LogP contribution in [0.3, 0.4) is 0 Å². The van der Waals surface area contributed by atoms with Gasteiger partial charge in [0, 0.05) is 19.7 Å². The van der Waals surface area contributed by atoms with Gasteiger partial charge in [0.1, 0.15) is 23.9 Å². The molecule has 0 radical (unpaired) electrons. The third-order valence-corrected chi connectivity index (χ3v) is 2.55. The van der Waals surface area contributed by atoms with E-state index in [9.17, 15) is 4.39 Å². The van der Waals surface area contributed by atoms with Crippen LogP contribution >= 0.6 is 0 Å². The van der Waals surface area contributed by atoms with Crippen LogP contribution in [0.15, 0.2) is 24.4 Å². The zero-order chi connectivity index (χ0) is 13.7. The lowest BCUT2D eigenvalue weighted by atomic mass is 10.2. The molecule has 1 aromatic carbocycles. The van der Waals surface area contributed by atoms with Crippen molar-refractivity contribution in [3.05, 3.63) is 41.5 Å². The summed E-state index contributed by atoms with van der Waals surface area (Å²) < 4.78 is 20.6. The van der Waals surface area contributed by atoms with E-state index in [2.05, 4.69) is 15.6 Å². The molecule has 0 fully saturated rings. The molecule has 1 aromatic heterocycles. The molecule has 5 nitrogen and oxygen atoms in total. The van der Waals surface area contributed by atoms with Gasteiger partial charge in [-0.3, -0.25) is 4.68 Å². The van der Waals surface area contributed by atoms with Crippen LogP contribution in [0, 0.1) is 5.82 Å². The van der Waals surface area contributed by atoms with E-state index in [-0.39, 0.29) is 12.4 Å². The summed E-state index contributed by atoms with van der Waals surface area (Å²) in [5, 5.41) is 10.9. The molecule has 6 heteroatoms. The maximum atomic E-state index is 13.4. The minimum Gasteiger partial charge on any atom is -0.487 e. The van der Waals surface area contributed by atoms with Gasteiger partial charge in [-0.25, -0.2) is 4.39 Å².